The number of nitrogens with zero attached hydrogens (tertiary/aromatic N) is 2. The Bertz CT molecular complexity index is 1210. The predicted octanol–water partition coefficient (Wildman–Crippen LogP) is 3.39. The van der Waals surface area contributed by atoms with Crippen molar-refractivity contribution >= 4 is 17.4 Å². The lowest BCUT2D eigenvalue weighted by atomic mass is 9.95. The van der Waals surface area contributed by atoms with Crippen molar-refractivity contribution in [2.24, 2.45) is 0 Å². The van der Waals surface area contributed by atoms with Gasteiger partial charge in [-0.1, -0.05) is 19.1 Å². The summed E-state index contributed by atoms with van der Waals surface area (Å²) < 4.78 is 22.5. The first kappa shape index (κ1) is 26.1. The number of morpholine rings is 1. The van der Waals surface area contributed by atoms with Crippen LogP contribution in [0.5, 0.6) is 17.2 Å². The molecule has 2 aromatic rings. The first-order valence-corrected chi connectivity index (χ1v) is 13.3. The number of ether oxygens (including phenoxy) is 4. The van der Waals surface area contributed by atoms with E-state index in [4.69, 9.17) is 18.9 Å². The molecular weight excluding hydrogens is 488 g/mol. The Morgan fingerprint density at radius 1 is 1.00 bits per heavy atom. The van der Waals surface area contributed by atoms with Crippen LogP contribution in [0.2, 0.25) is 0 Å². The molecule has 0 radical (unpaired) electrons. The number of benzene rings is 2. The number of fused-ring (bicyclic) bond motifs is 1. The lowest BCUT2D eigenvalue weighted by molar-refractivity contribution is -0.140. The molecule has 2 aromatic carbocycles. The van der Waals surface area contributed by atoms with Crippen molar-refractivity contribution in [3.05, 3.63) is 59.2 Å². The third-order valence-electron chi connectivity index (χ3n) is 6.98. The van der Waals surface area contributed by atoms with E-state index >= 15 is 0 Å². The number of aliphatic hydroxyl groups excluding tert-OH is 1. The molecule has 2 fully saturated rings. The van der Waals surface area contributed by atoms with Crippen LogP contribution >= 0.6 is 0 Å². The second-order valence-electron chi connectivity index (χ2n) is 9.58. The van der Waals surface area contributed by atoms with Crippen LogP contribution < -0.4 is 14.2 Å². The van der Waals surface area contributed by atoms with Gasteiger partial charge >= 0.3 is 0 Å². The third kappa shape index (κ3) is 5.49. The molecule has 9 nitrogen and oxygen atoms in total. The molecule has 38 heavy (non-hydrogen) atoms. The van der Waals surface area contributed by atoms with Gasteiger partial charge in [-0.15, -0.1) is 0 Å². The summed E-state index contributed by atoms with van der Waals surface area (Å²) in [5, 5.41) is 11.4. The molecule has 1 N–H and O–H groups in total. The molecule has 2 saturated heterocycles. The van der Waals surface area contributed by atoms with E-state index in [0.29, 0.717) is 74.4 Å². The highest BCUT2D eigenvalue weighted by atomic mass is 16.6. The third-order valence-corrected chi connectivity index (χ3v) is 6.98. The fraction of sp³-hybridized carbons (Fsp3) is 0.448. The molecule has 1 atom stereocenters. The van der Waals surface area contributed by atoms with Crippen molar-refractivity contribution in [3.63, 3.8) is 0 Å². The topological polar surface area (TPSA) is 97.8 Å². The molecule has 0 unspecified atom stereocenters. The van der Waals surface area contributed by atoms with Crippen LogP contribution in [0.4, 0.5) is 0 Å². The van der Waals surface area contributed by atoms with Crippen molar-refractivity contribution in [3.8, 4) is 17.2 Å². The average Bonchev–Trinajstić information content (AvgIpc) is 3.21. The Hall–Kier alpha value is -3.56. The Balaban J connectivity index is 1.49. The number of aliphatic hydroxyl groups is 1. The second kappa shape index (κ2) is 11.9. The summed E-state index contributed by atoms with van der Waals surface area (Å²) in [4.78, 5) is 30.6. The van der Waals surface area contributed by atoms with Crippen LogP contribution in [0.15, 0.2) is 48.0 Å². The SMILES string of the molecule is CCCOc1cccc([C@@H]2C(=C(O)c3ccc4c(c3)OCCO4)C(=O)C(=O)N2CCCN2CCOCC2)c1. The smallest absolute Gasteiger partial charge is 0.295 e. The Morgan fingerprint density at radius 3 is 2.58 bits per heavy atom. The maximum Gasteiger partial charge on any atom is 0.295 e. The molecule has 0 aliphatic carbocycles. The molecule has 202 valence electrons. The van der Waals surface area contributed by atoms with E-state index in [2.05, 4.69) is 4.90 Å². The van der Waals surface area contributed by atoms with Gasteiger partial charge in [-0.05, 0) is 48.7 Å². The van der Waals surface area contributed by atoms with E-state index in [9.17, 15) is 14.7 Å². The van der Waals surface area contributed by atoms with Crippen LogP contribution in [0.3, 0.4) is 0 Å². The number of ketones is 1. The normalized spacial score (nSPS) is 21.1. The van der Waals surface area contributed by atoms with E-state index in [1.54, 1.807) is 23.1 Å². The molecule has 0 bridgehead atoms. The lowest BCUT2D eigenvalue weighted by Crippen LogP contribution is -2.38. The minimum absolute atomic E-state index is 0.0608. The Kier molecular flexibility index (Phi) is 8.14. The number of carbonyl (C=O) groups is 2. The monoisotopic (exact) mass is 522 g/mol. The summed E-state index contributed by atoms with van der Waals surface area (Å²) in [7, 11) is 0. The van der Waals surface area contributed by atoms with Gasteiger partial charge in [-0.2, -0.15) is 0 Å². The number of likely N-dealkylation sites (tertiary alicyclic amines) is 1. The van der Waals surface area contributed by atoms with E-state index in [1.165, 1.54) is 0 Å². The summed E-state index contributed by atoms with van der Waals surface area (Å²) in [6.45, 7) is 7.70. The summed E-state index contributed by atoms with van der Waals surface area (Å²) in [5.41, 5.74) is 1.16. The van der Waals surface area contributed by atoms with Gasteiger partial charge in [0.1, 0.15) is 24.7 Å². The first-order chi connectivity index (χ1) is 18.6. The van der Waals surface area contributed by atoms with Crippen LogP contribution in [0.25, 0.3) is 5.76 Å². The van der Waals surface area contributed by atoms with Crippen molar-refractivity contribution in [1.82, 2.24) is 9.80 Å². The van der Waals surface area contributed by atoms with Gasteiger partial charge in [0.25, 0.3) is 11.7 Å². The van der Waals surface area contributed by atoms with Crippen molar-refractivity contribution in [2.75, 3.05) is 59.2 Å². The highest BCUT2D eigenvalue weighted by Gasteiger charge is 2.46. The van der Waals surface area contributed by atoms with Crippen molar-refractivity contribution < 1.29 is 33.6 Å². The lowest BCUT2D eigenvalue weighted by Gasteiger charge is -2.29. The quantitative estimate of drug-likeness (QED) is 0.304. The molecule has 0 aromatic heterocycles. The zero-order valence-corrected chi connectivity index (χ0v) is 21.7. The summed E-state index contributed by atoms with van der Waals surface area (Å²) in [6, 6.07) is 11.7. The van der Waals surface area contributed by atoms with E-state index in [0.717, 1.165) is 26.1 Å². The van der Waals surface area contributed by atoms with Crippen LogP contribution in [0, 0.1) is 0 Å². The Labute approximate surface area is 222 Å². The highest BCUT2D eigenvalue weighted by Crippen LogP contribution is 2.41. The second-order valence-corrected chi connectivity index (χ2v) is 9.58. The molecule has 0 saturated carbocycles. The van der Waals surface area contributed by atoms with E-state index in [1.807, 2.05) is 31.2 Å². The molecule has 3 heterocycles. The number of Topliss-reactive ketones (excluding diaryl/α,β-unsaturated/α-hetero) is 1. The predicted molar refractivity (Wildman–Crippen MR) is 141 cm³/mol. The van der Waals surface area contributed by atoms with Crippen molar-refractivity contribution in [1.29, 1.82) is 0 Å². The fourth-order valence-corrected chi connectivity index (χ4v) is 5.09. The number of hydrogen-bond acceptors (Lipinski definition) is 8. The van der Waals surface area contributed by atoms with Crippen LogP contribution in [0.1, 0.15) is 36.9 Å². The summed E-state index contributed by atoms with van der Waals surface area (Å²) >= 11 is 0. The zero-order valence-electron chi connectivity index (χ0n) is 21.7. The molecule has 5 rings (SSSR count). The first-order valence-electron chi connectivity index (χ1n) is 13.3. The minimum Gasteiger partial charge on any atom is -0.507 e. The maximum absolute atomic E-state index is 13.4. The van der Waals surface area contributed by atoms with Gasteiger partial charge in [0, 0.05) is 31.7 Å². The number of rotatable bonds is 9. The number of carbonyl (C=O) groups excluding carboxylic acids is 2. The molecule has 1 amide bonds. The van der Waals surface area contributed by atoms with Gasteiger partial charge < -0.3 is 29.0 Å². The zero-order chi connectivity index (χ0) is 26.5. The van der Waals surface area contributed by atoms with Gasteiger partial charge in [0.15, 0.2) is 11.5 Å². The fourth-order valence-electron chi connectivity index (χ4n) is 5.09. The summed E-state index contributed by atoms with van der Waals surface area (Å²) in [5.74, 6) is 0.174. The average molecular weight is 523 g/mol. The molecular formula is C29H34N2O7. The van der Waals surface area contributed by atoms with Gasteiger partial charge in [0.05, 0.1) is 31.4 Å². The van der Waals surface area contributed by atoms with E-state index < -0.39 is 17.7 Å². The molecule has 3 aliphatic rings. The van der Waals surface area contributed by atoms with E-state index in [-0.39, 0.29) is 11.3 Å². The van der Waals surface area contributed by atoms with Crippen LogP contribution in [-0.2, 0) is 14.3 Å². The highest BCUT2D eigenvalue weighted by molar-refractivity contribution is 6.46. The minimum atomic E-state index is -0.738. The Morgan fingerprint density at radius 2 is 1.79 bits per heavy atom. The maximum atomic E-state index is 13.4. The van der Waals surface area contributed by atoms with Gasteiger partial charge in [0.2, 0.25) is 0 Å². The largest absolute Gasteiger partial charge is 0.507 e. The number of hydrogen-bond donors (Lipinski definition) is 1. The van der Waals surface area contributed by atoms with Crippen LogP contribution in [-0.4, -0.2) is 85.8 Å². The molecule has 9 heteroatoms. The number of amides is 1. The molecule has 3 aliphatic heterocycles. The van der Waals surface area contributed by atoms with Gasteiger partial charge in [-0.25, -0.2) is 0 Å². The molecule has 0 spiro atoms. The van der Waals surface area contributed by atoms with Gasteiger partial charge in [-0.3, -0.25) is 14.5 Å². The standard InChI is InChI=1S/C29H34N2O7/c1-2-13-36-22-6-3-5-20(18-22)26-25(27(32)21-7-8-23-24(19-21)38-17-16-37-23)28(33)29(34)31(26)10-4-9-30-11-14-35-15-12-30/h3,5-8,18-19,26,32H,2,4,9-17H2,1H3/t26-/m1/s1. The van der Waals surface area contributed by atoms with Crippen molar-refractivity contribution in [2.45, 2.75) is 25.8 Å². The summed E-state index contributed by atoms with van der Waals surface area (Å²) in [6.07, 6.45) is 1.55.